The summed E-state index contributed by atoms with van der Waals surface area (Å²) in [5.74, 6) is 0.908. The van der Waals surface area contributed by atoms with Gasteiger partial charge in [-0.2, -0.15) is 0 Å². The van der Waals surface area contributed by atoms with E-state index in [1.54, 1.807) is 33.5 Å². The van der Waals surface area contributed by atoms with Gasteiger partial charge >= 0.3 is 5.97 Å². The fourth-order valence-electron chi connectivity index (χ4n) is 5.76. The molecule has 3 N–H and O–H groups in total. The third-order valence-corrected chi connectivity index (χ3v) is 7.84. The second-order valence-corrected chi connectivity index (χ2v) is 11.6. The van der Waals surface area contributed by atoms with Gasteiger partial charge in [0.1, 0.15) is 6.04 Å². The molecule has 0 heterocycles. The highest BCUT2D eigenvalue weighted by Gasteiger charge is 2.29. The third kappa shape index (κ3) is 9.12. The van der Waals surface area contributed by atoms with Crippen LogP contribution >= 0.6 is 0 Å². The minimum atomic E-state index is -0.645. The van der Waals surface area contributed by atoms with Gasteiger partial charge in [-0.05, 0) is 72.9 Å². The zero-order valence-electron chi connectivity index (χ0n) is 27.5. The Morgan fingerprint density at radius 1 is 0.956 bits per heavy atom. The van der Waals surface area contributed by atoms with E-state index in [9.17, 15) is 19.2 Å². The molecule has 246 valence electrons. The Balaban J connectivity index is 1.77. The Hall–Kier alpha value is -4.28. The number of methoxy groups -OCH3 is 4. The normalized spacial score (nSPS) is 14.3. The molecule has 0 fully saturated rings. The van der Waals surface area contributed by atoms with E-state index in [1.165, 1.54) is 14.0 Å². The number of fused-ring (bicyclic) bond motifs is 3. The highest BCUT2D eigenvalue weighted by Crippen LogP contribution is 2.50. The molecule has 2 aromatic carbocycles. The maximum Gasteiger partial charge on any atom is 0.328 e. The molecule has 0 aromatic heterocycles. The lowest BCUT2D eigenvalue weighted by atomic mass is 9.95. The zero-order valence-corrected chi connectivity index (χ0v) is 27.5. The van der Waals surface area contributed by atoms with Crippen molar-refractivity contribution in [3.05, 3.63) is 45.6 Å². The first-order valence-electron chi connectivity index (χ1n) is 15.4. The van der Waals surface area contributed by atoms with Gasteiger partial charge in [0.25, 0.3) is 0 Å². The molecule has 0 spiro atoms. The Kier molecular flexibility index (Phi) is 13.1. The smallest absolute Gasteiger partial charge is 0.328 e. The number of amides is 2. The molecule has 45 heavy (non-hydrogen) atoms. The van der Waals surface area contributed by atoms with Crippen LogP contribution in [0.25, 0.3) is 11.1 Å². The van der Waals surface area contributed by atoms with Crippen molar-refractivity contribution in [2.75, 3.05) is 40.3 Å². The fraction of sp³-hybridized carbons (Fsp3) is 0.529. The highest BCUT2D eigenvalue weighted by molar-refractivity contribution is 5.85. The number of unbranched alkanes of at least 4 members (excludes halogenated alkanes) is 2. The van der Waals surface area contributed by atoms with Crippen LogP contribution < -0.4 is 35.6 Å². The van der Waals surface area contributed by atoms with Crippen molar-refractivity contribution >= 4 is 23.5 Å². The quantitative estimate of drug-likeness (QED) is 0.192. The molecule has 2 amide bonds. The van der Waals surface area contributed by atoms with Crippen LogP contribution in [0.15, 0.2) is 29.1 Å². The summed E-state index contributed by atoms with van der Waals surface area (Å²) in [7, 11) is 6.00. The summed E-state index contributed by atoms with van der Waals surface area (Å²) in [6, 6.07) is 6.11. The van der Waals surface area contributed by atoms with Crippen molar-refractivity contribution in [3.8, 4) is 28.4 Å². The second-order valence-electron chi connectivity index (χ2n) is 11.6. The second kappa shape index (κ2) is 16.7. The van der Waals surface area contributed by atoms with Gasteiger partial charge < -0.3 is 34.9 Å². The maximum absolute atomic E-state index is 13.5. The minimum Gasteiger partial charge on any atom is -0.493 e. The Morgan fingerprint density at radius 3 is 2.31 bits per heavy atom. The lowest BCUT2D eigenvalue weighted by Gasteiger charge is -2.19. The number of benzene rings is 1. The number of nitrogens with one attached hydrogen (secondary N) is 3. The van der Waals surface area contributed by atoms with Gasteiger partial charge in [-0.3, -0.25) is 14.4 Å². The predicted molar refractivity (Wildman–Crippen MR) is 173 cm³/mol. The Bertz CT molecular complexity index is 1430. The third-order valence-electron chi connectivity index (χ3n) is 7.84. The molecule has 0 unspecified atom stereocenters. The lowest BCUT2D eigenvalue weighted by molar-refractivity contribution is -0.145. The van der Waals surface area contributed by atoms with Gasteiger partial charge in [0.05, 0.1) is 40.2 Å². The largest absolute Gasteiger partial charge is 0.493 e. The number of carbonyl (C=O) groups is 3. The van der Waals surface area contributed by atoms with Crippen LogP contribution in [0.5, 0.6) is 17.2 Å². The van der Waals surface area contributed by atoms with Crippen molar-refractivity contribution < 1.29 is 33.3 Å². The van der Waals surface area contributed by atoms with E-state index in [0.29, 0.717) is 67.1 Å². The summed E-state index contributed by atoms with van der Waals surface area (Å²) in [6.45, 7) is 5.96. The van der Waals surface area contributed by atoms with E-state index < -0.39 is 12.0 Å². The number of aryl methyl sites for hydroxylation is 1. The molecule has 1 aliphatic carbocycles. The van der Waals surface area contributed by atoms with Gasteiger partial charge in [-0.15, -0.1) is 0 Å². The summed E-state index contributed by atoms with van der Waals surface area (Å²) in [5, 5.41) is 9.04. The Labute approximate surface area is 265 Å². The SMILES string of the molecule is COC(=O)[C@@H](CC(C)C)NC(=O)CCCCCNc1ccc2c(cc1=O)[C@H](NC(C)=O)CCc1cc(OC)c(OC)c(OC)c1-2. The van der Waals surface area contributed by atoms with E-state index in [0.717, 1.165) is 29.5 Å². The number of hydrogen-bond acceptors (Lipinski definition) is 9. The maximum atomic E-state index is 13.5. The average molecular weight is 626 g/mol. The van der Waals surface area contributed by atoms with E-state index in [4.69, 9.17) is 18.9 Å². The fourth-order valence-corrected chi connectivity index (χ4v) is 5.76. The first kappa shape index (κ1) is 35.2. The summed E-state index contributed by atoms with van der Waals surface area (Å²) < 4.78 is 21.9. The van der Waals surface area contributed by atoms with Crippen molar-refractivity contribution in [2.24, 2.45) is 5.92 Å². The van der Waals surface area contributed by atoms with Crippen LogP contribution in [0.4, 0.5) is 5.69 Å². The summed E-state index contributed by atoms with van der Waals surface area (Å²) >= 11 is 0. The standard InChI is InChI=1S/C34H47N3O8/c1-20(2)17-27(34(41)45-7)37-30(40)11-9-8-10-16-35-26-15-13-23-24(19-28(26)39)25(36-21(3)38)14-12-22-18-29(42-4)32(43-5)33(44-6)31(22)23/h13,15,18-20,25,27H,8-12,14,16-17H2,1-7H3,(H,35,39)(H,36,38)(H,37,40)/t25-,27-/m1/s1. The summed E-state index contributed by atoms with van der Waals surface area (Å²) in [4.78, 5) is 50.0. The molecule has 11 heteroatoms. The first-order valence-corrected chi connectivity index (χ1v) is 15.4. The predicted octanol–water partition coefficient (Wildman–Crippen LogP) is 4.54. The Morgan fingerprint density at radius 2 is 1.69 bits per heavy atom. The van der Waals surface area contributed by atoms with Crippen molar-refractivity contribution in [3.63, 3.8) is 0 Å². The highest BCUT2D eigenvalue weighted by atomic mass is 16.5. The van der Waals surface area contributed by atoms with Crippen LogP contribution in [0.3, 0.4) is 0 Å². The zero-order chi connectivity index (χ0) is 33.1. The number of rotatable bonds is 15. The molecule has 0 aliphatic heterocycles. The first-order chi connectivity index (χ1) is 21.5. The van der Waals surface area contributed by atoms with Crippen LogP contribution in [0, 0.1) is 5.92 Å². The number of esters is 1. The number of hydrogen-bond donors (Lipinski definition) is 3. The van der Waals surface area contributed by atoms with Crippen molar-refractivity contribution in [2.45, 2.75) is 77.8 Å². The molecule has 0 radical (unpaired) electrons. The summed E-state index contributed by atoms with van der Waals surface area (Å²) in [5.41, 5.74) is 3.43. The molecule has 0 bridgehead atoms. The van der Waals surface area contributed by atoms with Gasteiger partial charge in [-0.1, -0.05) is 26.3 Å². The molecule has 0 saturated carbocycles. The van der Waals surface area contributed by atoms with Gasteiger partial charge in [0.15, 0.2) is 11.5 Å². The molecule has 3 rings (SSSR count). The molecular formula is C34H47N3O8. The molecule has 2 atom stereocenters. The minimum absolute atomic E-state index is 0.184. The van der Waals surface area contributed by atoms with Gasteiger partial charge in [0, 0.05) is 25.5 Å². The van der Waals surface area contributed by atoms with E-state index in [2.05, 4.69) is 16.0 Å². The van der Waals surface area contributed by atoms with E-state index in [-0.39, 0.29) is 29.2 Å². The molecule has 11 nitrogen and oxygen atoms in total. The summed E-state index contributed by atoms with van der Waals surface area (Å²) in [6.07, 6.45) is 4.15. The van der Waals surface area contributed by atoms with E-state index >= 15 is 0 Å². The topological polar surface area (TPSA) is 141 Å². The molecule has 2 aromatic rings. The molecule has 0 saturated heterocycles. The van der Waals surface area contributed by atoms with Crippen LogP contribution in [-0.2, 0) is 25.5 Å². The number of ether oxygens (including phenoxy) is 4. The van der Waals surface area contributed by atoms with Crippen LogP contribution in [0.1, 0.15) is 76.5 Å². The number of anilines is 1. The van der Waals surface area contributed by atoms with Gasteiger partial charge in [-0.25, -0.2) is 4.79 Å². The molecule has 1 aliphatic rings. The average Bonchev–Trinajstić information content (AvgIpc) is 3.25. The van der Waals surface area contributed by atoms with Crippen LogP contribution in [0.2, 0.25) is 0 Å². The lowest BCUT2D eigenvalue weighted by Crippen LogP contribution is -2.42. The van der Waals surface area contributed by atoms with Crippen molar-refractivity contribution in [1.82, 2.24) is 10.6 Å². The number of carbonyl (C=O) groups excluding carboxylic acids is 3. The molecular weight excluding hydrogens is 578 g/mol. The monoisotopic (exact) mass is 625 g/mol. The van der Waals surface area contributed by atoms with Gasteiger partial charge in [0.2, 0.25) is 23.0 Å². The van der Waals surface area contributed by atoms with E-state index in [1.807, 2.05) is 26.0 Å². The van der Waals surface area contributed by atoms with Crippen LogP contribution in [-0.4, -0.2) is 58.8 Å². The van der Waals surface area contributed by atoms with Crippen molar-refractivity contribution in [1.29, 1.82) is 0 Å².